The predicted molar refractivity (Wildman–Crippen MR) is 89.2 cm³/mol. The van der Waals surface area contributed by atoms with Crippen LogP contribution in [0.5, 0.6) is 0 Å². The summed E-state index contributed by atoms with van der Waals surface area (Å²) in [6.45, 7) is 3.65. The van der Waals surface area contributed by atoms with Crippen LogP contribution < -0.4 is 4.72 Å². The summed E-state index contributed by atoms with van der Waals surface area (Å²) in [5.41, 5.74) is 1.39. The van der Waals surface area contributed by atoms with Crippen molar-refractivity contribution in [1.29, 1.82) is 0 Å². The van der Waals surface area contributed by atoms with E-state index in [1.807, 2.05) is 12.1 Å². The summed E-state index contributed by atoms with van der Waals surface area (Å²) < 4.78 is 37.1. The number of hydrogen-bond acceptors (Lipinski definition) is 5. The van der Waals surface area contributed by atoms with Crippen molar-refractivity contribution >= 4 is 16.0 Å². The summed E-state index contributed by atoms with van der Waals surface area (Å²) in [5, 5.41) is 0. The fourth-order valence-electron chi connectivity index (χ4n) is 2.32. The lowest BCUT2D eigenvalue weighted by Gasteiger charge is -2.06. The summed E-state index contributed by atoms with van der Waals surface area (Å²) in [5.74, 6) is 0.218. The topological polar surface area (TPSA) is 85.6 Å². The molecule has 0 saturated carbocycles. The lowest BCUT2D eigenvalue weighted by Crippen LogP contribution is -2.23. The van der Waals surface area contributed by atoms with Gasteiger partial charge in [-0.3, -0.25) is 0 Å². The summed E-state index contributed by atoms with van der Waals surface area (Å²) in [6, 6.07) is 8.27. The van der Waals surface area contributed by atoms with E-state index in [-0.39, 0.29) is 17.0 Å². The van der Waals surface area contributed by atoms with Crippen LogP contribution in [0, 0.1) is 6.92 Å². The van der Waals surface area contributed by atoms with Crippen LogP contribution in [0.3, 0.4) is 0 Å². The highest BCUT2D eigenvalue weighted by Crippen LogP contribution is 2.17. The minimum Gasteiger partial charge on any atom is -0.465 e. The Morgan fingerprint density at radius 2 is 1.92 bits per heavy atom. The predicted octanol–water partition coefficient (Wildman–Crippen LogP) is 2.81. The zero-order valence-corrected chi connectivity index (χ0v) is 14.8. The van der Waals surface area contributed by atoms with Crippen molar-refractivity contribution < 1.29 is 22.4 Å². The van der Waals surface area contributed by atoms with E-state index in [1.165, 1.54) is 13.2 Å². The van der Waals surface area contributed by atoms with E-state index in [0.29, 0.717) is 11.5 Å². The lowest BCUT2D eigenvalue weighted by molar-refractivity contribution is 0.0599. The van der Waals surface area contributed by atoms with Crippen LogP contribution in [-0.2, 0) is 27.7 Å². The van der Waals surface area contributed by atoms with Crippen molar-refractivity contribution in [3.8, 4) is 0 Å². The summed E-state index contributed by atoms with van der Waals surface area (Å²) in [7, 11) is -2.37. The second kappa shape index (κ2) is 7.63. The molecule has 2 aromatic rings. The van der Waals surface area contributed by atoms with Crippen LogP contribution in [0.1, 0.15) is 40.8 Å². The van der Waals surface area contributed by atoms with Gasteiger partial charge >= 0.3 is 5.97 Å². The van der Waals surface area contributed by atoms with Gasteiger partial charge in [0.25, 0.3) is 0 Å². The molecule has 1 aromatic carbocycles. The first kappa shape index (κ1) is 18.2. The number of carbonyl (C=O) groups is 1. The van der Waals surface area contributed by atoms with Gasteiger partial charge in [0, 0.05) is 0 Å². The largest absolute Gasteiger partial charge is 0.465 e. The number of rotatable bonds is 7. The quantitative estimate of drug-likeness (QED) is 0.775. The van der Waals surface area contributed by atoms with Gasteiger partial charge in [-0.25, -0.2) is 17.9 Å². The van der Waals surface area contributed by atoms with Crippen LogP contribution in [0.2, 0.25) is 0 Å². The molecule has 1 aromatic heterocycles. The van der Waals surface area contributed by atoms with Gasteiger partial charge in [-0.1, -0.05) is 25.5 Å². The van der Waals surface area contributed by atoms with Gasteiger partial charge in [-0.15, -0.1) is 0 Å². The molecule has 0 aliphatic heterocycles. The number of furan rings is 1. The minimum atomic E-state index is -3.65. The summed E-state index contributed by atoms with van der Waals surface area (Å²) >= 11 is 0. The first-order chi connectivity index (χ1) is 11.4. The molecular weight excluding hydrogens is 330 g/mol. The van der Waals surface area contributed by atoms with E-state index in [1.54, 1.807) is 19.1 Å². The maximum Gasteiger partial charge on any atom is 0.341 e. The molecule has 0 spiro atoms. The maximum atomic E-state index is 12.3. The molecule has 130 valence electrons. The Hall–Kier alpha value is -2.12. The Bertz CT molecular complexity index is 806. The molecule has 1 N–H and O–H groups in total. The number of sulfonamides is 1. The van der Waals surface area contributed by atoms with E-state index in [4.69, 9.17) is 4.42 Å². The number of esters is 1. The van der Waals surface area contributed by atoms with Crippen LogP contribution >= 0.6 is 0 Å². The van der Waals surface area contributed by atoms with Crippen molar-refractivity contribution in [3.63, 3.8) is 0 Å². The third-order valence-electron chi connectivity index (χ3n) is 3.58. The van der Waals surface area contributed by atoms with Crippen LogP contribution in [0.4, 0.5) is 0 Å². The molecule has 2 rings (SSSR count). The highest BCUT2D eigenvalue weighted by Gasteiger charge is 2.18. The number of benzene rings is 1. The van der Waals surface area contributed by atoms with Gasteiger partial charge in [-0.05, 0) is 37.1 Å². The second-order valence-electron chi connectivity index (χ2n) is 5.39. The molecule has 6 nitrogen and oxygen atoms in total. The third-order valence-corrected chi connectivity index (χ3v) is 5.00. The molecule has 7 heteroatoms. The first-order valence-electron chi connectivity index (χ1n) is 7.63. The second-order valence-corrected chi connectivity index (χ2v) is 7.16. The van der Waals surface area contributed by atoms with Crippen LogP contribution in [-0.4, -0.2) is 21.5 Å². The van der Waals surface area contributed by atoms with Crippen molar-refractivity contribution in [2.24, 2.45) is 0 Å². The SMILES string of the molecule is CCCc1ccc(S(=O)(=O)NCc2cc(C(=O)OC)c(C)o2)cc1. The third kappa shape index (κ3) is 4.24. The molecule has 0 bridgehead atoms. The van der Waals surface area contributed by atoms with Gasteiger partial charge in [0.05, 0.1) is 18.6 Å². The smallest absolute Gasteiger partial charge is 0.341 e. The Morgan fingerprint density at radius 1 is 1.25 bits per heavy atom. The number of carbonyl (C=O) groups excluding carboxylic acids is 1. The minimum absolute atomic E-state index is 0.0448. The van der Waals surface area contributed by atoms with Gasteiger partial charge in [0.2, 0.25) is 10.0 Å². The normalized spacial score (nSPS) is 11.5. The summed E-state index contributed by atoms with van der Waals surface area (Å²) in [4.78, 5) is 11.7. The lowest BCUT2D eigenvalue weighted by atomic mass is 10.1. The van der Waals surface area contributed by atoms with Gasteiger partial charge in [0.1, 0.15) is 17.1 Å². The Kier molecular flexibility index (Phi) is 5.80. The Labute approximate surface area is 141 Å². The average Bonchev–Trinajstić information content (AvgIpc) is 2.94. The Balaban J connectivity index is 2.08. The van der Waals surface area contributed by atoms with Gasteiger partial charge < -0.3 is 9.15 Å². The number of ether oxygens (including phenoxy) is 1. The molecule has 0 radical (unpaired) electrons. The van der Waals surface area contributed by atoms with Crippen molar-refractivity contribution in [2.45, 2.75) is 38.1 Å². The maximum absolute atomic E-state index is 12.3. The van der Waals surface area contributed by atoms with E-state index < -0.39 is 16.0 Å². The number of nitrogens with one attached hydrogen (secondary N) is 1. The Morgan fingerprint density at radius 3 is 2.50 bits per heavy atom. The number of aryl methyl sites for hydroxylation is 2. The zero-order valence-electron chi connectivity index (χ0n) is 14.0. The van der Waals surface area contributed by atoms with E-state index >= 15 is 0 Å². The van der Waals surface area contributed by atoms with E-state index in [0.717, 1.165) is 18.4 Å². The molecule has 0 aliphatic rings. The fraction of sp³-hybridized carbons (Fsp3) is 0.353. The average molecular weight is 351 g/mol. The molecule has 0 saturated heterocycles. The van der Waals surface area contributed by atoms with E-state index in [9.17, 15) is 13.2 Å². The summed E-state index contributed by atoms with van der Waals surface area (Å²) in [6.07, 6.45) is 1.92. The molecule has 0 amide bonds. The fourth-order valence-corrected chi connectivity index (χ4v) is 3.31. The number of hydrogen-bond donors (Lipinski definition) is 1. The molecule has 1 heterocycles. The highest BCUT2D eigenvalue weighted by atomic mass is 32.2. The zero-order chi connectivity index (χ0) is 17.7. The molecule has 24 heavy (non-hydrogen) atoms. The highest BCUT2D eigenvalue weighted by molar-refractivity contribution is 7.89. The first-order valence-corrected chi connectivity index (χ1v) is 9.12. The van der Waals surface area contributed by atoms with Crippen LogP contribution in [0.15, 0.2) is 39.6 Å². The molecule has 0 atom stereocenters. The van der Waals surface area contributed by atoms with Crippen molar-refractivity contribution in [1.82, 2.24) is 4.72 Å². The van der Waals surface area contributed by atoms with Crippen molar-refractivity contribution in [3.05, 3.63) is 53.0 Å². The monoisotopic (exact) mass is 351 g/mol. The standard InChI is InChI=1S/C17H21NO5S/c1-4-5-13-6-8-15(9-7-13)24(20,21)18-11-14-10-16(12(2)23-14)17(19)22-3/h6-10,18H,4-5,11H2,1-3H3. The number of methoxy groups -OCH3 is 1. The van der Waals surface area contributed by atoms with Gasteiger partial charge in [-0.2, -0.15) is 0 Å². The van der Waals surface area contributed by atoms with Gasteiger partial charge in [0.15, 0.2) is 0 Å². The van der Waals surface area contributed by atoms with Crippen molar-refractivity contribution in [2.75, 3.05) is 7.11 Å². The van der Waals surface area contributed by atoms with Crippen LogP contribution in [0.25, 0.3) is 0 Å². The molecular formula is C17H21NO5S. The molecule has 0 fully saturated rings. The molecule has 0 aliphatic carbocycles. The van der Waals surface area contributed by atoms with E-state index in [2.05, 4.69) is 16.4 Å². The molecule has 0 unspecified atom stereocenters.